The first kappa shape index (κ1) is 16.3. The van der Waals surface area contributed by atoms with Crippen LogP contribution in [0.2, 0.25) is 5.02 Å². The lowest BCUT2D eigenvalue weighted by atomic mass is 10.2. The molecule has 0 atom stereocenters. The number of benzene rings is 1. The summed E-state index contributed by atoms with van der Waals surface area (Å²) in [5, 5.41) is 3.51. The van der Waals surface area contributed by atoms with Crippen LogP contribution in [-0.2, 0) is 4.79 Å². The molecule has 1 aliphatic heterocycles. The monoisotopic (exact) mass is 302 g/mol. The summed E-state index contributed by atoms with van der Waals surface area (Å²) in [6, 6.07) is 5.63. The van der Waals surface area contributed by atoms with Crippen LogP contribution in [0.1, 0.15) is 24.8 Å². The third-order valence-corrected chi connectivity index (χ3v) is 3.66. The molecule has 0 radical (unpaired) electrons. The number of rotatable bonds is 4. The zero-order chi connectivity index (χ0) is 13.0. The van der Waals surface area contributed by atoms with Gasteiger partial charge in [0.15, 0.2) is 0 Å². The van der Waals surface area contributed by atoms with Gasteiger partial charge in [-0.1, -0.05) is 23.7 Å². The van der Waals surface area contributed by atoms with Crippen molar-refractivity contribution in [2.24, 2.45) is 0 Å². The molecule has 1 amide bonds. The molecular weight excluding hydrogens is 283 g/mol. The number of para-hydroxylation sites is 1. The number of carbonyl (C=O) groups excluding carboxylic acids is 1. The van der Waals surface area contributed by atoms with Crippen molar-refractivity contribution < 1.29 is 4.79 Å². The molecule has 106 valence electrons. The molecule has 0 unspecified atom stereocenters. The highest BCUT2D eigenvalue weighted by Gasteiger charge is 2.14. The summed E-state index contributed by atoms with van der Waals surface area (Å²) >= 11 is 6.08. The fraction of sp³-hybridized carbons (Fsp3) is 0.500. The maximum absolute atomic E-state index is 11.9. The number of halogens is 2. The molecule has 0 aliphatic carbocycles. The minimum atomic E-state index is 0. The van der Waals surface area contributed by atoms with Crippen LogP contribution in [0.15, 0.2) is 18.2 Å². The summed E-state index contributed by atoms with van der Waals surface area (Å²) in [5.74, 6) is 0.0399. The van der Waals surface area contributed by atoms with Crippen molar-refractivity contribution in [1.82, 2.24) is 4.90 Å². The Bertz CT molecular complexity index is 411. The van der Waals surface area contributed by atoms with Gasteiger partial charge in [-0.05, 0) is 44.5 Å². The average Bonchev–Trinajstić information content (AvgIpc) is 2.84. The molecule has 1 fully saturated rings. The topological polar surface area (TPSA) is 32.3 Å². The molecule has 1 saturated heterocycles. The Kier molecular flexibility index (Phi) is 6.63. The van der Waals surface area contributed by atoms with E-state index in [1.54, 1.807) is 6.07 Å². The zero-order valence-electron chi connectivity index (χ0n) is 11.1. The molecule has 1 N–H and O–H groups in total. The van der Waals surface area contributed by atoms with Gasteiger partial charge in [-0.15, -0.1) is 12.4 Å². The fourth-order valence-corrected chi connectivity index (χ4v) is 2.53. The SMILES string of the molecule is Cc1cccc(Cl)c1NC(=O)CCN1CCCC1.Cl. The summed E-state index contributed by atoms with van der Waals surface area (Å²) < 4.78 is 0. The van der Waals surface area contributed by atoms with E-state index in [-0.39, 0.29) is 18.3 Å². The molecule has 0 bridgehead atoms. The largest absolute Gasteiger partial charge is 0.325 e. The van der Waals surface area contributed by atoms with Gasteiger partial charge in [0, 0.05) is 13.0 Å². The lowest BCUT2D eigenvalue weighted by Gasteiger charge is -2.15. The summed E-state index contributed by atoms with van der Waals surface area (Å²) in [6.45, 7) is 5.04. The Morgan fingerprint density at radius 3 is 2.68 bits per heavy atom. The quantitative estimate of drug-likeness (QED) is 0.923. The smallest absolute Gasteiger partial charge is 0.225 e. The van der Waals surface area contributed by atoms with Crippen LogP contribution in [0, 0.1) is 6.92 Å². The predicted octanol–water partition coefficient (Wildman–Crippen LogP) is 3.49. The van der Waals surface area contributed by atoms with Gasteiger partial charge in [0.25, 0.3) is 0 Å². The molecule has 1 aliphatic rings. The second-order valence-corrected chi connectivity index (χ2v) is 5.19. The second kappa shape index (κ2) is 7.73. The van der Waals surface area contributed by atoms with E-state index in [9.17, 15) is 4.79 Å². The number of nitrogens with zero attached hydrogens (tertiary/aromatic N) is 1. The number of aryl methyl sites for hydroxylation is 1. The van der Waals surface area contributed by atoms with Gasteiger partial charge >= 0.3 is 0 Å². The maximum atomic E-state index is 11.9. The van der Waals surface area contributed by atoms with Gasteiger partial charge in [-0.3, -0.25) is 4.79 Å². The highest BCUT2D eigenvalue weighted by Crippen LogP contribution is 2.25. The van der Waals surface area contributed by atoms with Gasteiger partial charge in [0.1, 0.15) is 0 Å². The molecule has 5 heteroatoms. The van der Waals surface area contributed by atoms with Gasteiger partial charge in [0.05, 0.1) is 10.7 Å². The molecule has 1 aromatic rings. The van der Waals surface area contributed by atoms with Gasteiger partial charge in [-0.25, -0.2) is 0 Å². The first-order valence-electron chi connectivity index (χ1n) is 6.44. The Morgan fingerprint density at radius 1 is 1.37 bits per heavy atom. The first-order chi connectivity index (χ1) is 8.66. The van der Waals surface area contributed by atoms with Crippen molar-refractivity contribution in [3.05, 3.63) is 28.8 Å². The van der Waals surface area contributed by atoms with E-state index in [2.05, 4.69) is 10.2 Å². The van der Waals surface area contributed by atoms with Gasteiger partial charge in [-0.2, -0.15) is 0 Å². The summed E-state index contributed by atoms with van der Waals surface area (Å²) in [7, 11) is 0. The molecule has 0 spiro atoms. The van der Waals surface area contributed by atoms with E-state index >= 15 is 0 Å². The highest BCUT2D eigenvalue weighted by atomic mass is 35.5. The first-order valence-corrected chi connectivity index (χ1v) is 6.82. The summed E-state index contributed by atoms with van der Waals surface area (Å²) in [4.78, 5) is 14.2. The maximum Gasteiger partial charge on any atom is 0.225 e. The second-order valence-electron chi connectivity index (χ2n) is 4.78. The lowest BCUT2D eigenvalue weighted by Crippen LogP contribution is -2.25. The van der Waals surface area contributed by atoms with Crippen molar-refractivity contribution >= 4 is 35.6 Å². The number of anilines is 1. The molecule has 19 heavy (non-hydrogen) atoms. The third kappa shape index (κ3) is 4.68. The molecule has 1 aromatic carbocycles. The fourth-order valence-electron chi connectivity index (χ4n) is 2.26. The normalized spacial score (nSPS) is 15.1. The van der Waals surface area contributed by atoms with Crippen molar-refractivity contribution in [1.29, 1.82) is 0 Å². The van der Waals surface area contributed by atoms with Crippen LogP contribution >= 0.6 is 24.0 Å². The standard InChI is InChI=1S/C14H19ClN2O.ClH/c1-11-5-4-6-12(15)14(11)16-13(18)7-10-17-8-2-3-9-17;/h4-6H,2-3,7-10H2,1H3,(H,16,18);1H. The Morgan fingerprint density at radius 2 is 2.05 bits per heavy atom. The average molecular weight is 303 g/mol. The highest BCUT2D eigenvalue weighted by molar-refractivity contribution is 6.33. The Balaban J connectivity index is 0.00000180. The van der Waals surface area contributed by atoms with E-state index in [0.717, 1.165) is 30.9 Å². The van der Waals surface area contributed by atoms with Gasteiger partial charge < -0.3 is 10.2 Å². The van der Waals surface area contributed by atoms with Gasteiger partial charge in [0.2, 0.25) is 5.91 Å². The Hall–Kier alpha value is -0.770. The van der Waals surface area contributed by atoms with Crippen LogP contribution in [0.5, 0.6) is 0 Å². The van der Waals surface area contributed by atoms with Crippen LogP contribution in [-0.4, -0.2) is 30.4 Å². The third-order valence-electron chi connectivity index (χ3n) is 3.34. The molecule has 3 nitrogen and oxygen atoms in total. The number of hydrogen-bond acceptors (Lipinski definition) is 2. The van der Waals surface area contributed by atoms with Crippen molar-refractivity contribution in [3.8, 4) is 0 Å². The van der Waals surface area contributed by atoms with E-state index in [1.165, 1.54) is 12.8 Å². The van der Waals surface area contributed by atoms with E-state index in [1.807, 2.05) is 19.1 Å². The number of hydrogen-bond donors (Lipinski definition) is 1. The van der Waals surface area contributed by atoms with Crippen LogP contribution in [0.4, 0.5) is 5.69 Å². The molecule has 0 aromatic heterocycles. The minimum Gasteiger partial charge on any atom is -0.325 e. The number of nitrogens with one attached hydrogen (secondary N) is 1. The van der Waals surface area contributed by atoms with E-state index in [0.29, 0.717) is 11.4 Å². The van der Waals surface area contributed by atoms with E-state index in [4.69, 9.17) is 11.6 Å². The van der Waals surface area contributed by atoms with Crippen LogP contribution < -0.4 is 5.32 Å². The number of amides is 1. The zero-order valence-corrected chi connectivity index (χ0v) is 12.7. The number of carbonyl (C=O) groups is 1. The van der Waals surface area contributed by atoms with E-state index < -0.39 is 0 Å². The minimum absolute atomic E-state index is 0. The predicted molar refractivity (Wildman–Crippen MR) is 82.4 cm³/mol. The molecule has 1 heterocycles. The van der Waals surface area contributed by atoms with Crippen molar-refractivity contribution in [3.63, 3.8) is 0 Å². The van der Waals surface area contributed by atoms with Crippen molar-refractivity contribution in [2.45, 2.75) is 26.2 Å². The molecule has 0 saturated carbocycles. The lowest BCUT2D eigenvalue weighted by molar-refractivity contribution is -0.116. The Labute approximate surface area is 125 Å². The molecular formula is C14H20Cl2N2O. The van der Waals surface area contributed by atoms with Crippen LogP contribution in [0.3, 0.4) is 0 Å². The summed E-state index contributed by atoms with van der Waals surface area (Å²) in [5.41, 5.74) is 1.74. The summed E-state index contributed by atoms with van der Waals surface area (Å²) in [6.07, 6.45) is 3.04. The van der Waals surface area contributed by atoms with Crippen molar-refractivity contribution in [2.75, 3.05) is 25.0 Å². The molecule has 2 rings (SSSR count). The van der Waals surface area contributed by atoms with Crippen LogP contribution in [0.25, 0.3) is 0 Å². The number of likely N-dealkylation sites (tertiary alicyclic amines) is 1.